The second kappa shape index (κ2) is 7.41. The number of halogens is 1. The van der Waals surface area contributed by atoms with Crippen molar-refractivity contribution in [1.29, 1.82) is 0 Å². The highest BCUT2D eigenvalue weighted by atomic mass is 19.1. The lowest BCUT2D eigenvalue weighted by Crippen LogP contribution is -2.13. The van der Waals surface area contributed by atoms with Gasteiger partial charge in [0.15, 0.2) is 17.2 Å². The van der Waals surface area contributed by atoms with E-state index in [0.717, 1.165) is 11.3 Å². The highest BCUT2D eigenvalue weighted by Gasteiger charge is 2.18. The second-order valence-electron chi connectivity index (χ2n) is 6.77. The van der Waals surface area contributed by atoms with Crippen LogP contribution in [0.1, 0.15) is 16.2 Å². The molecule has 10 heteroatoms. The first-order valence-corrected chi connectivity index (χ1v) is 9.33. The third kappa shape index (κ3) is 3.62. The molecule has 0 radical (unpaired) electrons. The van der Waals surface area contributed by atoms with Gasteiger partial charge in [0, 0.05) is 17.5 Å². The van der Waals surface area contributed by atoms with Crippen molar-refractivity contribution >= 4 is 17.2 Å². The Hall–Kier alpha value is -4.47. The minimum absolute atomic E-state index is 0.168. The van der Waals surface area contributed by atoms with Crippen molar-refractivity contribution in [1.82, 2.24) is 34.3 Å². The number of hydrogen-bond acceptors (Lipinski definition) is 6. The van der Waals surface area contributed by atoms with Gasteiger partial charge in [0.1, 0.15) is 6.33 Å². The maximum Gasteiger partial charge on any atom is 0.276 e. The third-order valence-corrected chi connectivity index (χ3v) is 4.59. The van der Waals surface area contributed by atoms with Crippen LogP contribution in [-0.2, 0) is 0 Å². The first kappa shape index (κ1) is 18.6. The van der Waals surface area contributed by atoms with Gasteiger partial charge in [0.25, 0.3) is 5.91 Å². The van der Waals surface area contributed by atoms with E-state index in [2.05, 4.69) is 30.5 Å². The second-order valence-corrected chi connectivity index (χ2v) is 6.77. The van der Waals surface area contributed by atoms with Crippen molar-refractivity contribution in [2.75, 3.05) is 5.32 Å². The molecule has 152 valence electrons. The van der Waals surface area contributed by atoms with E-state index >= 15 is 0 Å². The number of fused-ring (bicyclic) bond motifs is 1. The number of anilines is 1. The molecule has 5 aromatic rings. The molecule has 0 fully saturated rings. The fourth-order valence-electron chi connectivity index (χ4n) is 3.13. The van der Waals surface area contributed by atoms with Crippen molar-refractivity contribution in [3.63, 3.8) is 0 Å². The minimum atomic E-state index is -0.626. The summed E-state index contributed by atoms with van der Waals surface area (Å²) in [4.78, 5) is 25.0. The lowest BCUT2D eigenvalue weighted by molar-refractivity contribution is 0.102. The summed E-state index contributed by atoms with van der Waals surface area (Å²) in [6.45, 7) is 1.88. The Kier molecular flexibility index (Phi) is 4.43. The maximum atomic E-state index is 13.0. The summed E-state index contributed by atoms with van der Waals surface area (Å²) >= 11 is 0. The van der Waals surface area contributed by atoms with E-state index in [-0.39, 0.29) is 5.69 Å². The van der Waals surface area contributed by atoms with Crippen molar-refractivity contribution in [2.45, 2.75) is 6.92 Å². The average molecular weight is 414 g/mol. The topological polar surface area (TPSA) is 103 Å². The van der Waals surface area contributed by atoms with E-state index in [0.29, 0.717) is 22.8 Å². The van der Waals surface area contributed by atoms with E-state index in [1.165, 1.54) is 24.7 Å². The summed E-state index contributed by atoms with van der Waals surface area (Å²) < 4.78 is 16.3. The van der Waals surface area contributed by atoms with Crippen molar-refractivity contribution in [3.05, 3.63) is 84.6 Å². The van der Waals surface area contributed by atoms with Crippen LogP contribution in [0.4, 0.5) is 10.1 Å². The number of nitrogens with zero attached hydrogens (tertiary/aromatic N) is 7. The van der Waals surface area contributed by atoms with Gasteiger partial charge < -0.3 is 5.32 Å². The van der Waals surface area contributed by atoms with Crippen LogP contribution >= 0.6 is 0 Å². The van der Waals surface area contributed by atoms with Crippen LogP contribution in [0, 0.1) is 12.9 Å². The lowest BCUT2D eigenvalue weighted by atomic mass is 10.2. The Labute approximate surface area is 175 Å². The number of aryl methyl sites for hydroxylation is 1. The van der Waals surface area contributed by atoms with Gasteiger partial charge in [-0.05, 0) is 49.4 Å². The van der Waals surface area contributed by atoms with Gasteiger partial charge in [0.2, 0.25) is 5.95 Å². The molecule has 1 amide bonds. The smallest absolute Gasteiger partial charge is 0.276 e. The van der Waals surface area contributed by atoms with Gasteiger partial charge in [-0.1, -0.05) is 6.07 Å². The van der Waals surface area contributed by atoms with Gasteiger partial charge in [-0.15, -0.1) is 0 Å². The molecule has 5 aromatic heterocycles. The number of pyridine rings is 3. The number of rotatable bonds is 4. The number of amides is 1. The monoisotopic (exact) mass is 414 g/mol. The van der Waals surface area contributed by atoms with E-state index in [1.807, 2.05) is 37.3 Å². The van der Waals surface area contributed by atoms with E-state index in [9.17, 15) is 9.18 Å². The fraction of sp³-hybridized carbons (Fsp3) is 0.0476. The molecule has 0 atom stereocenters. The molecule has 1 N–H and O–H groups in total. The molecule has 0 aliphatic rings. The maximum absolute atomic E-state index is 13.0. The van der Waals surface area contributed by atoms with Gasteiger partial charge in [-0.25, -0.2) is 24.1 Å². The molecule has 31 heavy (non-hydrogen) atoms. The third-order valence-electron chi connectivity index (χ3n) is 4.59. The summed E-state index contributed by atoms with van der Waals surface area (Å²) in [5.41, 5.74) is 3.47. The predicted molar refractivity (Wildman–Crippen MR) is 110 cm³/mol. The molecule has 0 unspecified atom stereocenters. The zero-order chi connectivity index (χ0) is 21.4. The summed E-state index contributed by atoms with van der Waals surface area (Å²) in [6, 6.07) is 13.5. The first-order valence-electron chi connectivity index (χ1n) is 9.33. The largest absolute Gasteiger partial charge is 0.319 e. The Balaban J connectivity index is 1.59. The molecular weight excluding hydrogens is 399 g/mol. The van der Waals surface area contributed by atoms with Gasteiger partial charge in [-0.2, -0.15) is 14.6 Å². The van der Waals surface area contributed by atoms with Gasteiger partial charge >= 0.3 is 0 Å². The number of carbonyl (C=O) groups is 1. The summed E-state index contributed by atoms with van der Waals surface area (Å²) in [5, 5.41) is 11.3. The number of carbonyl (C=O) groups excluding carboxylic acids is 1. The molecule has 0 aliphatic heterocycles. The predicted octanol–water partition coefficient (Wildman–Crippen LogP) is 3.07. The van der Waals surface area contributed by atoms with Crippen LogP contribution in [0.2, 0.25) is 0 Å². The highest BCUT2D eigenvalue weighted by Crippen LogP contribution is 2.24. The van der Waals surface area contributed by atoms with Crippen molar-refractivity contribution in [2.24, 2.45) is 0 Å². The Morgan fingerprint density at radius 2 is 2.00 bits per heavy atom. The molecular formula is C21H15FN8O. The van der Waals surface area contributed by atoms with Crippen LogP contribution in [0.5, 0.6) is 0 Å². The zero-order valence-electron chi connectivity index (χ0n) is 16.3. The van der Waals surface area contributed by atoms with Crippen LogP contribution in [0.3, 0.4) is 0 Å². The first-order chi connectivity index (χ1) is 15.1. The van der Waals surface area contributed by atoms with Crippen LogP contribution in [0.15, 0.2) is 67.3 Å². The Morgan fingerprint density at radius 1 is 1.10 bits per heavy atom. The lowest BCUT2D eigenvalue weighted by Gasteiger charge is -2.07. The molecule has 5 heterocycles. The normalized spacial score (nSPS) is 11.0. The molecule has 0 saturated heterocycles. The molecule has 0 bridgehead atoms. The minimum Gasteiger partial charge on any atom is -0.319 e. The quantitative estimate of drug-likeness (QED) is 0.454. The summed E-state index contributed by atoms with van der Waals surface area (Å²) in [7, 11) is 0. The molecule has 0 saturated carbocycles. The average Bonchev–Trinajstić information content (AvgIpc) is 3.42. The molecule has 0 spiro atoms. The summed E-state index contributed by atoms with van der Waals surface area (Å²) in [6.07, 6.45) is 4.51. The molecule has 0 aromatic carbocycles. The van der Waals surface area contributed by atoms with Crippen molar-refractivity contribution in [3.8, 4) is 17.1 Å². The number of nitrogens with one attached hydrogen (secondary N) is 1. The number of aromatic nitrogens is 7. The van der Waals surface area contributed by atoms with Gasteiger partial charge in [0.05, 0.1) is 17.6 Å². The van der Waals surface area contributed by atoms with Crippen molar-refractivity contribution < 1.29 is 9.18 Å². The van der Waals surface area contributed by atoms with Gasteiger partial charge in [-0.3, -0.25) is 4.79 Å². The van der Waals surface area contributed by atoms with Crippen LogP contribution in [-0.4, -0.2) is 40.3 Å². The number of hydrogen-bond donors (Lipinski definition) is 1. The molecule has 0 aliphatic carbocycles. The Bertz CT molecular complexity index is 1410. The van der Waals surface area contributed by atoms with Crippen LogP contribution < -0.4 is 5.32 Å². The Morgan fingerprint density at radius 3 is 2.81 bits per heavy atom. The van der Waals surface area contributed by atoms with E-state index in [1.54, 1.807) is 21.5 Å². The molecule has 5 rings (SSSR count). The summed E-state index contributed by atoms with van der Waals surface area (Å²) in [5.74, 6) is -0.516. The highest BCUT2D eigenvalue weighted by molar-refractivity contribution is 6.03. The fourth-order valence-corrected chi connectivity index (χ4v) is 3.13. The SMILES string of the molecule is Cc1cccc(-n2nc(C(=O)Nc3ccc(F)nc3)cc2-c2ccc3ncnn3c2)n1. The van der Waals surface area contributed by atoms with E-state index < -0.39 is 11.9 Å². The van der Waals surface area contributed by atoms with Crippen LogP contribution in [0.25, 0.3) is 22.7 Å². The molecule has 9 nitrogen and oxygen atoms in total. The zero-order valence-corrected chi connectivity index (χ0v) is 16.3. The van der Waals surface area contributed by atoms with E-state index in [4.69, 9.17) is 0 Å². The standard InChI is InChI=1S/C21H15FN8O/c1-13-3-2-4-20(26-13)30-17(14-5-8-19-24-12-25-29(19)11-14)9-16(28-30)21(31)27-15-6-7-18(22)23-10-15/h2-12H,1H3,(H,27,31).